The molecule has 11 heteroatoms. The minimum Gasteiger partial charge on any atom is -0.459 e. The highest BCUT2D eigenvalue weighted by molar-refractivity contribution is 7.15. The number of hydrogen-bond donors (Lipinski definition) is 3. The van der Waals surface area contributed by atoms with E-state index in [0.717, 1.165) is 10.4 Å². The van der Waals surface area contributed by atoms with Crippen LogP contribution in [0.4, 0.5) is 5.13 Å². The van der Waals surface area contributed by atoms with Crippen LogP contribution in [-0.2, 0) is 16.0 Å². The first-order valence-electron chi connectivity index (χ1n) is 8.67. The van der Waals surface area contributed by atoms with E-state index in [4.69, 9.17) is 27.6 Å². The van der Waals surface area contributed by atoms with Gasteiger partial charge >= 0.3 is 0 Å². The summed E-state index contributed by atoms with van der Waals surface area (Å²) in [4.78, 5) is 40.5. The van der Waals surface area contributed by atoms with Crippen molar-refractivity contribution in [3.05, 3.63) is 69.0 Å². The molecule has 30 heavy (non-hydrogen) atoms. The molecule has 0 aliphatic carbocycles. The van der Waals surface area contributed by atoms with Crippen LogP contribution in [0.2, 0.25) is 10.0 Å². The average molecular weight is 467 g/mol. The van der Waals surface area contributed by atoms with Crippen molar-refractivity contribution < 1.29 is 18.8 Å². The van der Waals surface area contributed by atoms with Crippen LogP contribution in [0.15, 0.2) is 47.2 Å². The smallest absolute Gasteiger partial charge is 0.287 e. The third-order valence-electron chi connectivity index (χ3n) is 3.78. The summed E-state index contributed by atoms with van der Waals surface area (Å²) in [7, 11) is 0. The van der Waals surface area contributed by atoms with Crippen molar-refractivity contribution in [1.29, 1.82) is 0 Å². The van der Waals surface area contributed by atoms with Gasteiger partial charge in [-0.3, -0.25) is 14.4 Å². The molecule has 0 bridgehead atoms. The second-order valence-corrected chi connectivity index (χ2v) is 7.99. The summed E-state index contributed by atoms with van der Waals surface area (Å²) in [5.41, 5.74) is 0.895. The van der Waals surface area contributed by atoms with E-state index in [1.165, 1.54) is 23.7 Å². The number of furan rings is 1. The van der Waals surface area contributed by atoms with Gasteiger partial charge in [-0.05, 0) is 29.8 Å². The summed E-state index contributed by atoms with van der Waals surface area (Å²) in [5, 5.41) is 8.93. The fourth-order valence-corrected chi connectivity index (χ4v) is 3.69. The first-order valence-corrected chi connectivity index (χ1v) is 10.2. The quantitative estimate of drug-likeness (QED) is 0.471. The zero-order valence-corrected chi connectivity index (χ0v) is 17.7. The van der Waals surface area contributed by atoms with E-state index in [-0.39, 0.29) is 18.8 Å². The molecule has 0 saturated carbocycles. The molecule has 0 atom stereocenters. The van der Waals surface area contributed by atoms with Gasteiger partial charge in [-0.2, -0.15) is 0 Å². The van der Waals surface area contributed by atoms with Gasteiger partial charge in [0.1, 0.15) is 0 Å². The topological polar surface area (TPSA) is 113 Å². The largest absolute Gasteiger partial charge is 0.459 e. The number of halogens is 2. The SMILES string of the molecule is O=C(CNC(=O)c1ccco1)NCC(=O)Nc1ncc(Cc2ccc(Cl)cc2Cl)s1. The summed E-state index contributed by atoms with van der Waals surface area (Å²) in [6.07, 6.45) is 3.55. The number of benzene rings is 1. The lowest BCUT2D eigenvalue weighted by molar-refractivity contribution is -0.123. The molecule has 0 saturated heterocycles. The van der Waals surface area contributed by atoms with E-state index in [1.54, 1.807) is 24.4 Å². The number of nitrogens with one attached hydrogen (secondary N) is 3. The number of carbonyl (C=O) groups is 3. The Hall–Kier alpha value is -2.88. The van der Waals surface area contributed by atoms with Crippen LogP contribution in [0.3, 0.4) is 0 Å². The van der Waals surface area contributed by atoms with E-state index in [0.29, 0.717) is 21.6 Å². The van der Waals surface area contributed by atoms with Crippen LogP contribution >= 0.6 is 34.5 Å². The molecule has 156 valence electrons. The van der Waals surface area contributed by atoms with Crippen molar-refractivity contribution in [3.63, 3.8) is 0 Å². The van der Waals surface area contributed by atoms with Crippen molar-refractivity contribution in [3.8, 4) is 0 Å². The van der Waals surface area contributed by atoms with E-state index >= 15 is 0 Å². The van der Waals surface area contributed by atoms with E-state index in [2.05, 4.69) is 20.9 Å². The van der Waals surface area contributed by atoms with Gasteiger partial charge in [0.2, 0.25) is 11.8 Å². The summed E-state index contributed by atoms with van der Waals surface area (Å²) < 4.78 is 4.92. The Morgan fingerprint density at radius 1 is 1.07 bits per heavy atom. The van der Waals surface area contributed by atoms with Crippen LogP contribution in [0.5, 0.6) is 0 Å². The van der Waals surface area contributed by atoms with Gasteiger partial charge in [0.25, 0.3) is 5.91 Å². The Bertz CT molecular complexity index is 1050. The fourth-order valence-electron chi connectivity index (χ4n) is 2.36. The number of thiazole rings is 1. The van der Waals surface area contributed by atoms with E-state index < -0.39 is 17.7 Å². The van der Waals surface area contributed by atoms with Crippen molar-refractivity contribution >= 4 is 57.4 Å². The third kappa shape index (κ3) is 6.31. The number of carbonyl (C=O) groups excluding carboxylic acids is 3. The van der Waals surface area contributed by atoms with Crippen LogP contribution in [0.1, 0.15) is 21.0 Å². The predicted octanol–water partition coefficient (Wildman–Crippen LogP) is 3.12. The number of rotatable bonds is 8. The normalized spacial score (nSPS) is 10.5. The maximum absolute atomic E-state index is 12.0. The molecular weight excluding hydrogens is 451 g/mol. The molecule has 0 radical (unpaired) electrons. The third-order valence-corrected chi connectivity index (χ3v) is 5.28. The molecule has 0 spiro atoms. The maximum Gasteiger partial charge on any atom is 0.287 e. The van der Waals surface area contributed by atoms with Gasteiger partial charge < -0.3 is 20.4 Å². The highest BCUT2D eigenvalue weighted by atomic mass is 35.5. The van der Waals surface area contributed by atoms with Gasteiger partial charge in [0.15, 0.2) is 10.9 Å². The highest BCUT2D eigenvalue weighted by Crippen LogP contribution is 2.26. The molecule has 0 unspecified atom stereocenters. The molecular formula is C19H16Cl2N4O4S. The zero-order chi connectivity index (χ0) is 21.5. The van der Waals surface area contributed by atoms with Crippen LogP contribution < -0.4 is 16.0 Å². The first-order chi connectivity index (χ1) is 14.4. The molecule has 3 rings (SSSR count). The molecule has 8 nitrogen and oxygen atoms in total. The first kappa shape index (κ1) is 21.8. The average Bonchev–Trinajstić information content (AvgIpc) is 3.39. The lowest BCUT2D eigenvalue weighted by atomic mass is 10.1. The highest BCUT2D eigenvalue weighted by Gasteiger charge is 2.12. The Kier molecular flexibility index (Phi) is 7.45. The molecule has 3 amide bonds. The second-order valence-electron chi connectivity index (χ2n) is 6.03. The van der Waals surface area contributed by atoms with Gasteiger partial charge in [-0.25, -0.2) is 4.98 Å². The molecule has 0 aliphatic rings. The Morgan fingerprint density at radius 2 is 1.87 bits per heavy atom. The van der Waals surface area contributed by atoms with Crippen LogP contribution in [0.25, 0.3) is 0 Å². The summed E-state index contributed by atoms with van der Waals surface area (Å²) >= 11 is 13.4. The molecule has 2 heterocycles. The second kappa shape index (κ2) is 10.2. The van der Waals surface area contributed by atoms with E-state index in [9.17, 15) is 14.4 Å². The standard InChI is InChI=1S/C19H16Cl2N4O4S/c20-12-4-3-11(14(21)7-12)6-13-8-24-19(30-13)25-17(27)10-22-16(26)9-23-18(28)15-2-1-5-29-15/h1-5,7-8H,6,9-10H2,(H,22,26)(H,23,28)(H,24,25,27). The number of amides is 3. The van der Waals surface area contributed by atoms with Gasteiger partial charge in [0, 0.05) is 27.5 Å². The molecule has 0 fully saturated rings. The van der Waals surface area contributed by atoms with Crippen LogP contribution in [0, 0.1) is 0 Å². The monoisotopic (exact) mass is 466 g/mol. The number of aromatic nitrogens is 1. The molecule has 0 aliphatic heterocycles. The van der Waals surface area contributed by atoms with Crippen molar-refractivity contribution in [2.24, 2.45) is 0 Å². The van der Waals surface area contributed by atoms with Crippen molar-refractivity contribution in [2.45, 2.75) is 6.42 Å². The lowest BCUT2D eigenvalue weighted by Gasteiger charge is -2.06. The van der Waals surface area contributed by atoms with Crippen molar-refractivity contribution in [2.75, 3.05) is 18.4 Å². The fraction of sp³-hybridized carbons (Fsp3) is 0.158. The summed E-state index contributed by atoms with van der Waals surface area (Å²) in [6.45, 7) is -0.538. The maximum atomic E-state index is 12.0. The van der Waals surface area contributed by atoms with Crippen molar-refractivity contribution in [1.82, 2.24) is 15.6 Å². The predicted molar refractivity (Wildman–Crippen MR) is 114 cm³/mol. The van der Waals surface area contributed by atoms with E-state index in [1.807, 2.05) is 6.07 Å². The Balaban J connectivity index is 1.41. The van der Waals surface area contributed by atoms with Gasteiger partial charge in [-0.1, -0.05) is 29.3 Å². The number of hydrogen-bond acceptors (Lipinski definition) is 6. The van der Waals surface area contributed by atoms with Gasteiger partial charge in [0.05, 0.1) is 19.4 Å². The Labute approximate surface area is 185 Å². The number of anilines is 1. The molecule has 1 aromatic carbocycles. The lowest BCUT2D eigenvalue weighted by Crippen LogP contribution is -2.40. The minimum atomic E-state index is -0.518. The van der Waals surface area contributed by atoms with Crippen LogP contribution in [-0.4, -0.2) is 35.8 Å². The number of nitrogens with zero attached hydrogens (tertiary/aromatic N) is 1. The summed E-state index contributed by atoms with van der Waals surface area (Å²) in [6, 6.07) is 8.30. The minimum absolute atomic E-state index is 0.0972. The zero-order valence-electron chi connectivity index (χ0n) is 15.4. The molecule has 3 N–H and O–H groups in total. The molecule has 3 aromatic rings. The van der Waals surface area contributed by atoms with Gasteiger partial charge in [-0.15, -0.1) is 11.3 Å². The summed E-state index contributed by atoms with van der Waals surface area (Å²) in [5.74, 6) is -1.37. The molecule has 2 aromatic heterocycles. The Morgan fingerprint density at radius 3 is 2.60 bits per heavy atom.